The van der Waals surface area contributed by atoms with Crippen molar-refractivity contribution in [1.82, 2.24) is 0 Å². The molecule has 0 aliphatic carbocycles. The van der Waals surface area contributed by atoms with Crippen molar-refractivity contribution in [3.63, 3.8) is 0 Å². The summed E-state index contributed by atoms with van der Waals surface area (Å²) in [5.41, 5.74) is -0.453. The summed E-state index contributed by atoms with van der Waals surface area (Å²) in [6.45, 7) is 4.19. The molecule has 0 N–H and O–H groups in total. The smallest absolute Gasteiger partial charge is 0.375 e. The molecule has 152 valence electrons. The topological polar surface area (TPSA) is 105 Å². The van der Waals surface area contributed by atoms with E-state index in [4.69, 9.17) is 18.3 Å². The molecule has 29 heavy (non-hydrogen) atoms. The van der Waals surface area contributed by atoms with E-state index in [-0.39, 0.29) is 40.4 Å². The summed E-state index contributed by atoms with van der Waals surface area (Å²) in [5, 5.41) is 0.230. The number of furan rings is 1. The van der Waals surface area contributed by atoms with Gasteiger partial charge in [-0.1, -0.05) is 6.92 Å². The van der Waals surface area contributed by atoms with E-state index in [9.17, 15) is 14.4 Å². The molecule has 3 rings (SSSR count). The summed E-state index contributed by atoms with van der Waals surface area (Å²) in [4.78, 5) is 37.3. The van der Waals surface area contributed by atoms with Crippen LogP contribution in [-0.4, -0.2) is 32.3 Å². The first-order chi connectivity index (χ1) is 14.0. The van der Waals surface area contributed by atoms with Crippen LogP contribution in [0.2, 0.25) is 0 Å². The van der Waals surface area contributed by atoms with Crippen molar-refractivity contribution < 1.29 is 32.6 Å². The van der Waals surface area contributed by atoms with E-state index in [1.54, 1.807) is 25.1 Å². The fourth-order valence-electron chi connectivity index (χ4n) is 2.73. The zero-order chi connectivity index (χ0) is 21.0. The first kappa shape index (κ1) is 20.2. The van der Waals surface area contributed by atoms with E-state index >= 15 is 0 Å². The lowest BCUT2D eigenvalue weighted by atomic mass is 10.1. The summed E-state index contributed by atoms with van der Waals surface area (Å²) >= 11 is 0. The molecule has 0 radical (unpaired) electrons. The summed E-state index contributed by atoms with van der Waals surface area (Å²) in [7, 11) is 1.21. The van der Waals surface area contributed by atoms with E-state index < -0.39 is 17.4 Å². The van der Waals surface area contributed by atoms with Gasteiger partial charge in [-0.2, -0.15) is 0 Å². The number of ether oxygens (including phenoxy) is 3. The molecule has 0 spiro atoms. The summed E-state index contributed by atoms with van der Waals surface area (Å²) < 4.78 is 26.4. The maximum Gasteiger partial charge on any atom is 0.375 e. The third-order valence-electron chi connectivity index (χ3n) is 4.04. The Morgan fingerprint density at radius 2 is 1.83 bits per heavy atom. The predicted octanol–water partition coefficient (Wildman–Crippen LogP) is 3.81. The van der Waals surface area contributed by atoms with Crippen LogP contribution in [0.4, 0.5) is 0 Å². The maximum absolute atomic E-state index is 13.1. The van der Waals surface area contributed by atoms with Crippen molar-refractivity contribution in [1.29, 1.82) is 0 Å². The van der Waals surface area contributed by atoms with Crippen LogP contribution in [-0.2, 0) is 9.47 Å². The predicted molar refractivity (Wildman–Crippen MR) is 103 cm³/mol. The Hall–Kier alpha value is -3.55. The van der Waals surface area contributed by atoms with Gasteiger partial charge in [0, 0.05) is 6.07 Å². The molecular weight excluding hydrogens is 380 g/mol. The number of carbonyl (C=O) groups is 2. The molecule has 2 aromatic heterocycles. The zero-order valence-electron chi connectivity index (χ0n) is 16.3. The van der Waals surface area contributed by atoms with E-state index in [2.05, 4.69) is 4.74 Å². The third kappa shape index (κ3) is 4.01. The Morgan fingerprint density at radius 3 is 2.52 bits per heavy atom. The molecule has 0 bridgehead atoms. The molecule has 0 aliphatic rings. The second kappa shape index (κ2) is 8.64. The van der Waals surface area contributed by atoms with E-state index in [0.717, 1.165) is 6.42 Å². The van der Waals surface area contributed by atoms with Crippen LogP contribution in [0.3, 0.4) is 0 Å². The molecule has 0 unspecified atom stereocenters. The molecule has 0 saturated carbocycles. The highest BCUT2D eigenvalue weighted by Crippen LogP contribution is 2.29. The average molecular weight is 400 g/mol. The zero-order valence-corrected chi connectivity index (χ0v) is 16.3. The molecule has 0 saturated heterocycles. The van der Waals surface area contributed by atoms with E-state index in [1.807, 2.05) is 6.92 Å². The Morgan fingerprint density at radius 1 is 1.03 bits per heavy atom. The highest BCUT2D eigenvalue weighted by molar-refractivity contribution is 5.97. The van der Waals surface area contributed by atoms with Gasteiger partial charge in [0.05, 0.1) is 25.7 Å². The minimum atomic E-state index is -0.822. The monoisotopic (exact) mass is 400 g/mol. The van der Waals surface area contributed by atoms with E-state index in [1.165, 1.54) is 19.2 Å². The minimum Gasteiger partial charge on any atom is -0.493 e. The molecule has 0 amide bonds. The van der Waals surface area contributed by atoms with Crippen LogP contribution >= 0.6 is 0 Å². The van der Waals surface area contributed by atoms with Gasteiger partial charge >= 0.3 is 11.9 Å². The number of methoxy groups -OCH3 is 1. The highest BCUT2D eigenvalue weighted by Gasteiger charge is 2.26. The van der Waals surface area contributed by atoms with Crippen LogP contribution in [0.5, 0.6) is 5.75 Å². The van der Waals surface area contributed by atoms with Crippen molar-refractivity contribution in [2.75, 3.05) is 20.3 Å². The van der Waals surface area contributed by atoms with Crippen LogP contribution in [0.15, 0.2) is 44.0 Å². The molecule has 0 fully saturated rings. The quantitative estimate of drug-likeness (QED) is 0.552. The molecule has 2 heterocycles. The SMILES string of the molecule is CCCOc1ccc2c(=O)c(-c3ccc(C(=O)OC)o3)c(C(=O)OCC)oc2c1. The number of benzene rings is 1. The maximum atomic E-state index is 13.1. The van der Waals surface area contributed by atoms with Gasteiger partial charge in [0.15, 0.2) is 0 Å². The third-order valence-corrected chi connectivity index (χ3v) is 4.04. The van der Waals surface area contributed by atoms with Crippen LogP contribution < -0.4 is 10.2 Å². The van der Waals surface area contributed by atoms with Crippen molar-refractivity contribution in [3.8, 4) is 17.1 Å². The molecule has 8 heteroatoms. The van der Waals surface area contributed by atoms with Crippen molar-refractivity contribution in [2.24, 2.45) is 0 Å². The fourth-order valence-corrected chi connectivity index (χ4v) is 2.73. The lowest BCUT2D eigenvalue weighted by Crippen LogP contribution is -2.14. The molecule has 0 aliphatic heterocycles. The average Bonchev–Trinajstić information content (AvgIpc) is 3.21. The van der Waals surface area contributed by atoms with Gasteiger partial charge in [0.2, 0.25) is 16.9 Å². The van der Waals surface area contributed by atoms with Gasteiger partial charge in [0.25, 0.3) is 0 Å². The second-order valence-corrected chi connectivity index (χ2v) is 6.02. The van der Waals surface area contributed by atoms with Gasteiger partial charge in [-0.15, -0.1) is 0 Å². The summed E-state index contributed by atoms with van der Waals surface area (Å²) in [6.07, 6.45) is 0.815. The minimum absolute atomic E-state index is 0.00425. The number of rotatable bonds is 7. The Labute approximate surface area is 166 Å². The lowest BCUT2D eigenvalue weighted by Gasteiger charge is -2.09. The molecule has 8 nitrogen and oxygen atoms in total. The fraction of sp³-hybridized carbons (Fsp3) is 0.286. The standard InChI is InChI=1S/C21H20O8/c1-4-10-27-12-6-7-13-16(11-12)29-19(21(24)26-5-2)17(18(13)22)14-8-9-15(28-14)20(23)25-3/h6-9,11H,4-5,10H2,1-3H3. The number of hydrogen-bond acceptors (Lipinski definition) is 8. The van der Waals surface area contributed by atoms with Crippen molar-refractivity contribution in [2.45, 2.75) is 20.3 Å². The molecular formula is C21H20O8. The van der Waals surface area contributed by atoms with Crippen molar-refractivity contribution >= 4 is 22.9 Å². The first-order valence-electron chi connectivity index (χ1n) is 9.09. The van der Waals surface area contributed by atoms with Gasteiger partial charge in [0.1, 0.15) is 22.7 Å². The van der Waals surface area contributed by atoms with Gasteiger partial charge < -0.3 is 23.0 Å². The molecule has 1 aromatic carbocycles. The van der Waals surface area contributed by atoms with Gasteiger partial charge in [-0.25, -0.2) is 9.59 Å². The van der Waals surface area contributed by atoms with Crippen LogP contribution in [0, 0.1) is 0 Å². The number of fused-ring (bicyclic) bond motifs is 1. The molecule has 0 atom stereocenters. The summed E-state index contributed by atoms with van der Waals surface area (Å²) in [5.74, 6) is -1.46. The van der Waals surface area contributed by atoms with Gasteiger partial charge in [-0.05, 0) is 37.6 Å². The van der Waals surface area contributed by atoms with Crippen molar-refractivity contribution in [3.05, 3.63) is 52.1 Å². The highest BCUT2D eigenvalue weighted by atomic mass is 16.5. The Kier molecular flexibility index (Phi) is 6.01. The first-order valence-corrected chi connectivity index (χ1v) is 9.09. The summed E-state index contributed by atoms with van der Waals surface area (Å²) in [6, 6.07) is 7.48. The van der Waals surface area contributed by atoms with Crippen LogP contribution in [0.25, 0.3) is 22.3 Å². The second-order valence-electron chi connectivity index (χ2n) is 6.02. The number of carbonyl (C=O) groups excluding carboxylic acids is 2. The largest absolute Gasteiger partial charge is 0.493 e. The Bertz CT molecular complexity index is 1110. The molecule has 3 aromatic rings. The lowest BCUT2D eigenvalue weighted by molar-refractivity contribution is 0.0491. The number of esters is 2. The van der Waals surface area contributed by atoms with Crippen LogP contribution in [0.1, 0.15) is 41.4 Å². The van der Waals surface area contributed by atoms with E-state index in [0.29, 0.717) is 12.4 Å². The number of hydrogen-bond donors (Lipinski definition) is 0. The van der Waals surface area contributed by atoms with Gasteiger partial charge in [-0.3, -0.25) is 4.79 Å². The Balaban J connectivity index is 2.21. The normalized spacial score (nSPS) is 10.7.